The number of benzene rings is 1. The van der Waals surface area contributed by atoms with E-state index in [1.165, 1.54) is 23.2 Å². The van der Waals surface area contributed by atoms with Gasteiger partial charge in [0.15, 0.2) is 0 Å². The molecule has 0 saturated heterocycles. The molecule has 0 bridgehead atoms. The van der Waals surface area contributed by atoms with Crippen molar-refractivity contribution in [2.24, 2.45) is 0 Å². The van der Waals surface area contributed by atoms with Crippen LogP contribution in [0.1, 0.15) is 24.5 Å². The van der Waals surface area contributed by atoms with Gasteiger partial charge in [-0.05, 0) is 24.5 Å². The van der Waals surface area contributed by atoms with Gasteiger partial charge in [0.1, 0.15) is 0 Å². The Labute approximate surface area is 74.8 Å². The quantitative estimate of drug-likeness (QED) is 0.722. The maximum Gasteiger partial charge on any atom is 0.0399 e. The second-order valence-electron chi connectivity index (χ2n) is 3.11. The predicted octanol–water partition coefficient (Wildman–Crippen LogP) is 2.99. The summed E-state index contributed by atoms with van der Waals surface area (Å²) in [5.74, 6) is 0. The number of hydrogen-bond donors (Lipinski definition) is 1. The molecule has 1 rings (SSSR count). The van der Waals surface area contributed by atoms with Gasteiger partial charge in [-0.25, -0.2) is 0 Å². The normalized spacial score (nSPS) is 9.92. The van der Waals surface area contributed by atoms with E-state index in [9.17, 15) is 0 Å². The highest BCUT2D eigenvalue weighted by atomic mass is 14.8. The average Bonchev–Trinajstić information content (AvgIpc) is 2.05. The van der Waals surface area contributed by atoms with Crippen molar-refractivity contribution < 1.29 is 0 Å². The summed E-state index contributed by atoms with van der Waals surface area (Å²) < 4.78 is 0. The number of nitrogens with one attached hydrogen (secondary N) is 1. The van der Waals surface area contributed by atoms with Gasteiger partial charge < -0.3 is 5.32 Å². The van der Waals surface area contributed by atoms with Crippen LogP contribution in [0.2, 0.25) is 0 Å². The second-order valence-corrected chi connectivity index (χ2v) is 3.11. The molecular formula is C11H17N. The van der Waals surface area contributed by atoms with Crippen LogP contribution in [-0.2, 0) is 6.42 Å². The fourth-order valence-corrected chi connectivity index (χ4v) is 1.56. The molecule has 66 valence electrons. The summed E-state index contributed by atoms with van der Waals surface area (Å²) in [4.78, 5) is 0. The van der Waals surface area contributed by atoms with E-state index in [1.54, 1.807) is 0 Å². The lowest BCUT2D eigenvalue weighted by Crippen LogP contribution is -1.97. The first-order chi connectivity index (χ1) is 5.79. The Morgan fingerprint density at radius 3 is 2.67 bits per heavy atom. The van der Waals surface area contributed by atoms with E-state index < -0.39 is 0 Å². The van der Waals surface area contributed by atoms with Crippen molar-refractivity contribution in [3.8, 4) is 0 Å². The number of rotatable bonds is 3. The predicted molar refractivity (Wildman–Crippen MR) is 54.7 cm³/mol. The highest BCUT2D eigenvalue weighted by Crippen LogP contribution is 2.20. The summed E-state index contributed by atoms with van der Waals surface area (Å²) in [6.45, 7) is 4.35. The van der Waals surface area contributed by atoms with Gasteiger partial charge in [0, 0.05) is 12.7 Å². The molecule has 0 fully saturated rings. The minimum atomic E-state index is 1.16. The third-order valence-electron chi connectivity index (χ3n) is 2.13. The first kappa shape index (κ1) is 9.11. The fraction of sp³-hybridized carbons (Fsp3) is 0.455. The van der Waals surface area contributed by atoms with E-state index in [4.69, 9.17) is 0 Å². The molecular weight excluding hydrogens is 146 g/mol. The van der Waals surface area contributed by atoms with Gasteiger partial charge in [-0.1, -0.05) is 31.5 Å². The SMILES string of the molecule is CCCc1cccc(C)c1NC. The number of hydrogen-bond acceptors (Lipinski definition) is 1. The largest absolute Gasteiger partial charge is 0.388 e. The van der Waals surface area contributed by atoms with E-state index in [-0.39, 0.29) is 0 Å². The molecule has 0 heterocycles. The lowest BCUT2D eigenvalue weighted by Gasteiger charge is -2.10. The molecule has 0 aliphatic rings. The Hall–Kier alpha value is -0.980. The van der Waals surface area contributed by atoms with Crippen LogP contribution in [0.15, 0.2) is 18.2 Å². The zero-order valence-corrected chi connectivity index (χ0v) is 8.15. The molecule has 0 atom stereocenters. The average molecular weight is 163 g/mol. The third-order valence-corrected chi connectivity index (χ3v) is 2.13. The summed E-state index contributed by atoms with van der Waals surface area (Å²) >= 11 is 0. The van der Waals surface area contributed by atoms with Crippen molar-refractivity contribution >= 4 is 5.69 Å². The molecule has 1 nitrogen and oxygen atoms in total. The highest BCUT2D eigenvalue weighted by Gasteiger charge is 2.01. The Morgan fingerprint density at radius 2 is 2.08 bits per heavy atom. The number of aryl methyl sites for hydroxylation is 2. The van der Waals surface area contributed by atoms with E-state index in [0.717, 1.165) is 6.42 Å². The first-order valence-electron chi connectivity index (χ1n) is 4.55. The van der Waals surface area contributed by atoms with Gasteiger partial charge >= 0.3 is 0 Å². The molecule has 0 amide bonds. The monoisotopic (exact) mass is 163 g/mol. The lowest BCUT2D eigenvalue weighted by molar-refractivity contribution is 0.921. The Bertz CT molecular complexity index is 253. The van der Waals surface area contributed by atoms with Crippen LogP contribution in [0, 0.1) is 6.92 Å². The van der Waals surface area contributed by atoms with E-state index >= 15 is 0 Å². The topological polar surface area (TPSA) is 12.0 Å². The van der Waals surface area contributed by atoms with Crippen molar-refractivity contribution in [3.63, 3.8) is 0 Å². The van der Waals surface area contributed by atoms with Gasteiger partial charge in [-0.2, -0.15) is 0 Å². The molecule has 12 heavy (non-hydrogen) atoms. The Morgan fingerprint density at radius 1 is 1.33 bits per heavy atom. The van der Waals surface area contributed by atoms with Gasteiger partial charge in [-0.3, -0.25) is 0 Å². The van der Waals surface area contributed by atoms with Crippen LogP contribution in [-0.4, -0.2) is 7.05 Å². The van der Waals surface area contributed by atoms with Crippen LogP contribution in [0.4, 0.5) is 5.69 Å². The van der Waals surface area contributed by atoms with Gasteiger partial charge in [0.2, 0.25) is 0 Å². The molecule has 1 aromatic carbocycles. The van der Waals surface area contributed by atoms with Crippen LogP contribution >= 0.6 is 0 Å². The number of anilines is 1. The summed E-state index contributed by atoms with van der Waals surface area (Å²) in [5.41, 5.74) is 4.07. The highest BCUT2D eigenvalue weighted by molar-refractivity contribution is 5.56. The van der Waals surface area contributed by atoms with Gasteiger partial charge in [-0.15, -0.1) is 0 Å². The molecule has 0 radical (unpaired) electrons. The summed E-state index contributed by atoms with van der Waals surface area (Å²) in [6.07, 6.45) is 2.37. The van der Waals surface area contributed by atoms with Crippen molar-refractivity contribution in [3.05, 3.63) is 29.3 Å². The zero-order chi connectivity index (χ0) is 8.97. The standard InChI is InChI=1S/C11H17N/c1-4-6-10-8-5-7-9(2)11(10)12-3/h5,7-8,12H,4,6H2,1-3H3. The van der Waals surface area contributed by atoms with E-state index in [0.29, 0.717) is 0 Å². The smallest absolute Gasteiger partial charge is 0.0399 e. The van der Waals surface area contributed by atoms with Crippen LogP contribution in [0.25, 0.3) is 0 Å². The van der Waals surface area contributed by atoms with Crippen molar-refractivity contribution in [1.82, 2.24) is 0 Å². The van der Waals surface area contributed by atoms with Crippen molar-refractivity contribution in [1.29, 1.82) is 0 Å². The van der Waals surface area contributed by atoms with Crippen LogP contribution < -0.4 is 5.32 Å². The maximum atomic E-state index is 3.25. The first-order valence-corrected chi connectivity index (χ1v) is 4.55. The third kappa shape index (κ3) is 1.79. The maximum absolute atomic E-state index is 3.25. The fourth-order valence-electron chi connectivity index (χ4n) is 1.56. The van der Waals surface area contributed by atoms with Gasteiger partial charge in [0.25, 0.3) is 0 Å². The molecule has 0 saturated carbocycles. The molecule has 1 N–H and O–H groups in total. The Kier molecular flexibility index (Phi) is 3.15. The minimum absolute atomic E-state index is 1.16. The van der Waals surface area contributed by atoms with Crippen molar-refractivity contribution in [2.45, 2.75) is 26.7 Å². The molecule has 0 unspecified atom stereocenters. The van der Waals surface area contributed by atoms with Crippen molar-refractivity contribution in [2.75, 3.05) is 12.4 Å². The number of para-hydroxylation sites is 1. The molecule has 0 spiro atoms. The summed E-state index contributed by atoms with van der Waals surface area (Å²) in [6, 6.07) is 6.47. The molecule has 1 aromatic rings. The summed E-state index contributed by atoms with van der Waals surface area (Å²) in [7, 11) is 1.99. The molecule has 0 aliphatic carbocycles. The summed E-state index contributed by atoms with van der Waals surface area (Å²) in [5, 5.41) is 3.25. The molecule has 0 aliphatic heterocycles. The molecule has 0 aromatic heterocycles. The van der Waals surface area contributed by atoms with Crippen LogP contribution in [0.5, 0.6) is 0 Å². The van der Waals surface area contributed by atoms with Gasteiger partial charge in [0.05, 0.1) is 0 Å². The minimum Gasteiger partial charge on any atom is -0.388 e. The zero-order valence-electron chi connectivity index (χ0n) is 8.15. The van der Waals surface area contributed by atoms with E-state index in [2.05, 4.69) is 37.4 Å². The van der Waals surface area contributed by atoms with Crippen LogP contribution in [0.3, 0.4) is 0 Å². The van der Waals surface area contributed by atoms with E-state index in [1.807, 2.05) is 7.05 Å². The molecule has 1 heteroatoms. The lowest BCUT2D eigenvalue weighted by atomic mass is 10.0. The second kappa shape index (κ2) is 4.15. The Balaban J connectivity index is 3.00.